The number of piperidine rings is 1. The van der Waals surface area contributed by atoms with E-state index < -0.39 is 0 Å². The van der Waals surface area contributed by atoms with E-state index in [0.717, 1.165) is 43.3 Å². The lowest BCUT2D eigenvalue weighted by Crippen LogP contribution is -2.48. The minimum Gasteiger partial charge on any atom is -0.489 e. The van der Waals surface area contributed by atoms with Gasteiger partial charge in [-0.05, 0) is 74.0 Å². The van der Waals surface area contributed by atoms with Crippen molar-refractivity contribution in [3.63, 3.8) is 0 Å². The Hall–Kier alpha value is -1.46. The first-order chi connectivity index (χ1) is 12.6. The van der Waals surface area contributed by atoms with E-state index in [4.69, 9.17) is 4.74 Å². The minimum atomic E-state index is 0.0176. The van der Waals surface area contributed by atoms with Crippen LogP contribution in [0.5, 0.6) is 5.75 Å². The molecule has 3 rings (SSSR count). The monoisotopic (exact) mass is 374 g/mol. The zero-order valence-corrected chi connectivity index (χ0v) is 16.5. The van der Waals surface area contributed by atoms with Crippen molar-refractivity contribution in [2.75, 3.05) is 31.2 Å². The molecule has 0 radical (unpaired) electrons. The summed E-state index contributed by atoms with van der Waals surface area (Å²) in [5.74, 6) is 3.38. The van der Waals surface area contributed by atoms with Crippen LogP contribution in [0.2, 0.25) is 0 Å². The maximum Gasteiger partial charge on any atom is 0.251 e. The molecule has 2 aliphatic rings. The number of hydrogen-bond acceptors (Lipinski definition) is 4. The van der Waals surface area contributed by atoms with Crippen LogP contribution < -0.4 is 10.1 Å². The number of nitrogens with one attached hydrogen (secondary N) is 1. The van der Waals surface area contributed by atoms with Crippen LogP contribution in [0.1, 0.15) is 43.0 Å². The van der Waals surface area contributed by atoms with Gasteiger partial charge in [0.15, 0.2) is 0 Å². The quantitative estimate of drug-likeness (QED) is 0.771. The highest BCUT2D eigenvalue weighted by Crippen LogP contribution is 2.24. The summed E-state index contributed by atoms with van der Waals surface area (Å²) in [4.78, 5) is 15.1. The second kappa shape index (κ2) is 9.47. The van der Waals surface area contributed by atoms with Crippen molar-refractivity contribution in [1.82, 2.24) is 10.2 Å². The highest BCUT2D eigenvalue weighted by molar-refractivity contribution is 7.99. The average Bonchev–Trinajstić information content (AvgIpc) is 2.68. The molecule has 2 heterocycles. The SMILES string of the molecule is C=C(C)COc1ccc(C(=O)NC2CCN(C3CCSCC3)CC2)cc1. The molecule has 2 fully saturated rings. The maximum atomic E-state index is 12.5. The molecule has 0 bridgehead atoms. The highest BCUT2D eigenvalue weighted by Gasteiger charge is 2.27. The van der Waals surface area contributed by atoms with E-state index in [1.54, 1.807) is 0 Å². The number of thioether (sulfide) groups is 1. The van der Waals surface area contributed by atoms with E-state index >= 15 is 0 Å². The lowest BCUT2D eigenvalue weighted by atomic mass is 10.0. The Kier molecular flexibility index (Phi) is 7.03. The summed E-state index contributed by atoms with van der Waals surface area (Å²) in [5, 5.41) is 3.20. The molecule has 0 aliphatic carbocycles. The van der Waals surface area contributed by atoms with Crippen molar-refractivity contribution in [3.8, 4) is 5.75 Å². The molecule has 1 aromatic carbocycles. The average molecular weight is 375 g/mol. The van der Waals surface area contributed by atoms with Crippen LogP contribution in [0, 0.1) is 0 Å². The number of benzene rings is 1. The van der Waals surface area contributed by atoms with Crippen molar-refractivity contribution in [2.24, 2.45) is 0 Å². The third-order valence-corrected chi connectivity index (χ3v) is 6.22. The van der Waals surface area contributed by atoms with Gasteiger partial charge < -0.3 is 15.0 Å². The van der Waals surface area contributed by atoms with E-state index in [1.807, 2.05) is 31.2 Å². The third kappa shape index (κ3) is 5.52. The van der Waals surface area contributed by atoms with Gasteiger partial charge in [-0.15, -0.1) is 0 Å². The minimum absolute atomic E-state index is 0.0176. The number of rotatable bonds is 6. The van der Waals surface area contributed by atoms with Gasteiger partial charge >= 0.3 is 0 Å². The van der Waals surface area contributed by atoms with Crippen molar-refractivity contribution < 1.29 is 9.53 Å². The first-order valence-electron chi connectivity index (χ1n) is 9.62. The second-order valence-corrected chi connectivity index (χ2v) is 8.62. The van der Waals surface area contributed by atoms with Crippen LogP contribution in [-0.2, 0) is 0 Å². The van der Waals surface area contributed by atoms with Crippen molar-refractivity contribution in [3.05, 3.63) is 42.0 Å². The van der Waals surface area contributed by atoms with E-state index in [1.165, 1.54) is 24.3 Å². The summed E-state index contributed by atoms with van der Waals surface area (Å²) in [6.07, 6.45) is 4.74. The lowest BCUT2D eigenvalue weighted by molar-refractivity contribution is 0.0886. The molecule has 1 aromatic rings. The third-order valence-electron chi connectivity index (χ3n) is 5.17. The Labute approximate surface area is 161 Å². The number of nitrogens with zero attached hydrogens (tertiary/aromatic N) is 1. The van der Waals surface area contributed by atoms with Gasteiger partial charge in [-0.3, -0.25) is 4.79 Å². The summed E-state index contributed by atoms with van der Waals surface area (Å²) >= 11 is 2.08. The fourth-order valence-corrected chi connectivity index (χ4v) is 4.72. The molecule has 2 saturated heterocycles. The molecule has 0 unspecified atom stereocenters. The van der Waals surface area contributed by atoms with Gasteiger partial charge in [-0.2, -0.15) is 11.8 Å². The lowest BCUT2D eigenvalue weighted by Gasteiger charge is -2.39. The molecule has 0 saturated carbocycles. The molecule has 1 N–H and O–H groups in total. The summed E-state index contributed by atoms with van der Waals surface area (Å²) in [5.41, 5.74) is 1.67. The summed E-state index contributed by atoms with van der Waals surface area (Å²) in [7, 11) is 0. The largest absolute Gasteiger partial charge is 0.489 e. The summed E-state index contributed by atoms with van der Waals surface area (Å²) in [6, 6.07) is 8.41. The molecule has 142 valence electrons. The molecule has 0 aromatic heterocycles. The summed E-state index contributed by atoms with van der Waals surface area (Å²) < 4.78 is 5.58. The molecule has 5 heteroatoms. The maximum absolute atomic E-state index is 12.5. The van der Waals surface area contributed by atoms with E-state index in [9.17, 15) is 4.79 Å². The zero-order valence-electron chi connectivity index (χ0n) is 15.7. The molecule has 2 aliphatic heterocycles. The fraction of sp³-hybridized carbons (Fsp3) is 0.571. The number of amides is 1. The predicted molar refractivity (Wildman–Crippen MR) is 109 cm³/mol. The van der Waals surface area contributed by atoms with Gasteiger partial charge in [0.2, 0.25) is 0 Å². The molecular formula is C21H30N2O2S. The van der Waals surface area contributed by atoms with Crippen LogP contribution in [0.25, 0.3) is 0 Å². The topological polar surface area (TPSA) is 41.6 Å². The first-order valence-corrected chi connectivity index (χ1v) is 10.8. The number of ether oxygens (including phenoxy) is 1. The number of carbonyl (C=O) groups excluding carboxylic acids is 1. The number of hydrogen-bond donors (Lipinski definition) is 1. The van der Waals surface area contributed by atoms with Crippen LogP contribution >= 0.6 is 11.8 Å². The molecule has 4 nitrogen and oxygen atoms in total. The Morgan fingerprint density at radius 1 is 1.19 bits per heavy atom. The molecule has 0 spiro atoms. The highest BCUT2D eigenvalue weighted by atomic mass is 32.2. The second-order valence-electron chi connectivity index (χ2n) is 7.40. The predicted octanol–water partition coefficient (Wildman–Crippen LogP) is 3.73. The molecule has 0 atom stereocenters. The van der Waals surface area contributed by atoms with Gasteiger partial charge in [0, 0.05) is 30.7 Å². The van der Waals surface area contributed by atoms with Crippen LogP contribution in [0.15, 0.2) is 36.4 Å². The van der Waals surface area contributed by atoms with Gasteiger partial charge in [0.1, 0.15) is 12.4 Å². The van der Waals surface area contributed by atoms with Crippen molar-refractivity contribution in [2.45, 2.75) is 44.7 Å². The van der Waals surface area contributed by atoms with Crippen molar-refractivity contribution in [1.29, 1.82) is 0 Å². The van der Waals surface area contributed by atoms with Crippen LogP contribution in [0.3, 0.4) is 0 Å². The Bertz CT molecular complexity index is 603. The normalized spacial score (nSPS) is 19.9. The van der Waals surface area contributed by atoms with Gasteiger partial charge in [0.25, 0.3) is 5.91 Å². The zero-order chi connectivity index (χ0) is 18.4. The fourth-order valence-electron chi connectivity index (χ4n) is 3.64. The van der Waals surface area contributed by atoms with E-state index in [-0.39, 0.29) is 11.9 Å². The Balaban J connectivity index is 1.44. The van der Waals surface area contributed by atoms with Gasteiger partial charge in [-0.25, -0.2) is 0 Å². The molecular weight excluding hydrogens is 344 g/mol. The summed E-state index contributed by atoms with van der Waals surface area (Å²) in [6.45, 7) is 8.47. The number of likely N-dealkylation sites (tertiary alicyclic amines) is 1. The van der Waals surface area contributed by atoms with Crippen LogP contribution in [0.4, 0.5) is 0 Å². The molecule has 26 heavy (non-hydrogen) atoms. The number of carbonyl (C=O) groups is 1. The van der Waals surface area contributed by atoms with Crippen molar-refractivity contribution >= 4 is 17.7 Å². The van der Waals surface area contributed by atoms with E-state index in [0.29, 0.717) is 12.2 Å². The van der Waals surface area contributed by atoms with Gasteiger partial charge in [-0.1, -0.05) is 6.58 Å². The standard InChI is InChI=1S/C21H30N2O2S/c1-16(2)15-25-20-5-3-17(4-6-20)21(24)22-18-7-11-23(12-8-18)19-9-13-26-14-10-19/h3-6,18-19H,1,7-15H2,2H3,(H,22,24). The Morgan fingerprint density at radius 3 is 2.46 bits per heavy atom. The first kappa shape index (κ1) is 19.3. The van der Waals surface area contributed by atoms with Crippen LogP contribution in [-0.4, -0.2) is 54.1 Å². The Morgan fingerprint density at radius 2 is 1.85 bits per heavy atom. The van der Waals surface area contributed by atoms with Gasteiger partial charge in [0.05, 0.1) is 0 Å². The molecule has 1 amide bonds. The smallest absolute Gasteiger partial charge is 0.251 e. The van der Waals surface area contributed by atoms with E-state index in [2.05, 4.69) is 28.6 Å².